The summed E-state index contributed by atoms with van der Waals surface area (Å²) in [5, 5.41) is 0.289. The molecule has 3 aromatic rings. The van der Waals surface area contributed by atoms with E-state index in [-0.39, 0.29) is 11.3 Å². The molecule has 1 saturated heterocycles. The predicted octanol–water partition coefficient (Wildman–Crippen LogP) is 3.33. The van der Waals surface area contributed by atoms with Crippen molar-refractivity contribution in [3.8, 4) is 22.8 Å². The van der Waals surface area contributed by atoms with Gasteiger partial charge < -0.3 is 18.8 Å². The quantitative estimate of drug-likeness (QED) is 0.563. The molecule has 1 N–H and O–H groups in total. The van der Waals surface area contributed by atoms with Gasteiger partial charge in [-0.15, -0.1) is 0 Å². The molecule has 0 radical (unpaired) electrons. The number of hydrogen-bond donors (Lipinski definition) is 1. The standard InChI is InChI=1S/C22H25ClN4O4S/c1-30-20-11-21(31-2)18(23)10-17(20)19-13-27-8-6-15(9-22(27)24-19)26-7-5-14(12-26)25-32(28,29)16-3-4-16/h6,8-11,13-14,16,25H,3-5,7,12H2,1-2H3. The first-order valence-corrected chi connectivity index (χ1v) is 12.5. The van der Waals surface area contributed by atoms with Crippen LogP contribution in [0.15, 0.2) is 36.7 Å². The van der Waals surface area contributed by atoms with E-state index in [1.54, 1.807) is 26.4 Å². The van der Waals surface area contributed by atoms with Crippen LogP contribution < -0.4 is 19.1 Å². The third-order valence-corrected chi connectivity index (χ3v) is 8.35. The molecule has 1 aliphatic carbocycles. The highest BCUT2D eigenvalue weighted by Crippen LogP contribution is 2.38. The van der Waals surface area contributed by atoms with Gasteiger partial charge in [-0.2, -0.15) is 0 Å². The summed E-state index contributed by atoms with van der Waals surface area (Å²) in [7, 11) is -0.0174. The number of nitrogens with one attached hydrogen (secondary N) is 1. The minimum absolute atomic E-state index is 0.0576. The van der Waals surface area contributed by atoms with Crippen LogP contribution in [0.25, 0.3) is 16.9 Å². The maximum absolute atomic E-state index is 12.3. The molecule has 10 heteroatoms. The molecule has 170 valence electrons. The van der Waals surface area contributed by atoms with Gasteiger partial charge in [0, 0.05) is 54.9 Å². The van der Waals surface area contributed by atoms with Crippen LogP contribution >= 0.6 is 11.6 Å². The summed E-state index contributed by atoms with van der Waals surface area (Å²) in [6, 6.07) is 7.52. The Balaban J connectivity index is 1.39. The van der Waals surface area contributed by atoms with Gasteiger partial charge in [-0.25, -0.2) is 18.1 Å². The summed E-state index contributed by atoms with van der Waals surface area (Å²) in [6.07, 6.45) is 6.22. The average molecular weight is 477 g/mol. The Morgan fingerprint density at radius 3 is 2.62 bits per heavy atom. The number of anilines is 1. The first kappa shape index (κ1) is 21.4. The van der Waals surface area contributed by atoms with Crippen LogP contribution in [0.3, 0.4) is 0 Å². The molecule has 32 heavy (non-hydrogen) atoms. The summed E-state index contributed by atoms with van der Waals surface area (Å²) in [5.74, 6) is 1.17. The summed E-state index contributed by atoms with van der Waals surface area (Å²) in [4.78, 5) is 6.97. The van der Waals surface area contributed by atoms with Crippen LogP contribution in [0.4, 0.5) is 5.69 Å². The first-order chi connectivity index (χ1) is 15.4. The van der Waals surface area contributed by atoms with Gasteiger partial charge in [0.15, 0.2) is 0 Å². The molecule has 1 atom stereocenters. The molecule has 3 heterocycles. The molecule has 1 saturated carbocycles. The molecule has 0 bridgehead atoms. The number of sulfonamides is 1. The second-order valence-electron chi connectivity index (χ2n) is 8.26. The Bertz CT molecular complexity index is 1270. The van der Waals surface area contributed by atoms with Crippen LogP contribution in [0.1, 0.15) is 19.3 Å². The Morgan fingerprint density at radius 1 is 1.12 bits per heavy atom. The van der Waals surface area contributed by atoms with E-state index >= 15 is 0 Å². The SMILES string of the molecule is COc1cc(OC)c(-c2cn3ccc(N4CCC(NS(=O)(=O)C5CC5)C4)cc3n2)cc1Cl. The summed E-state index contributed by atoms with van der Waals surface area (Å²) >= 11 is 6.33. The Labute approximate surface area is 192 Å². The lowest BCUT2D eigenvalue weighted by Crippen LogP contribution is -2.38. The van der Waals surface area contributed by atoms with Crippen molar-refractivity contribution < 1.29 is 17.9 Å². The van der Waals surface area contributed by atoms with Crippen LogP contribution in [0.2, 0.25) is 5.02 Å². The van der Waals surface area contributed by atoms with Crippen molar-refractivity contribution in [1.29, 1.82) is 0 Å². The van der Waals surface area contributed by atoms with E-state index in [2.05, 4.69) is 9.62 Å². The summed E-state index contributed by atoms with van der Waals surface area (Å²) in [6.45, 7) is 1.45. The van der Waals surface area contributed by atoms with E-state index in [4.69, 9.17) is 26.1 Å². The zero-order valence-corrected chi connectivity index (χ0v) is 19.5. The molecular weight excluding hydrogens is 452 g/mol. The number of pyridine rings is 1. The van der Waals surface area contributed by atoms with Crippen molar-refractivity contribution >= 4 is 33.0 Å². The van der Waals surface area contributed by atoms with Gasteiger partial charge in [0.1, 0.15) is 17.1 Å². The van der Waals surface area contributed by atoms with Crippen LogP contribution in [-0.2, 0) is 10.0 Å². The highest BCUT2D eigenvalue weighted by atomic mass is 35.5. The van der Waals surface area contributed by atoms with E-state index in [1.165, 1.54) is 0 Å². The number of hydrogen-bond acceptors (Lipinski definition) is 6. The number of benzene rings is 1. The Kier molecular flexibility index (Phi) is 5.43. The van der Waals surface area contributed by atoms with Gasteiger partial charge in [-0.3, -0.25) is 0 Å². The molecule has 2 fully saturated rings. The second-order valence-corrected chi connectivity index (χ2v) is 10.7. The fourth-order valence-electron chi connectivity index (χ4n) is 4.16. The summed E-state index contributed by atoms with van der Waals surface area (Å²) < 4.78 is 40.1. The monoisotopic (exact) mass is 476 g/mol. The molecule has 2 aliphatic rings. The molecule has 2 aromatic heterocycles. The number of methoxy groups -OCH3 is 2. The first-order valence-electron chi connectivity index (χ1n) is 10.5. The Morgan fingerprint density at radius 2 is 1.91 bits per heavy atom. The van der Waals surface area contributed by atoms with Gasteiger partial charge in [0.25, 0.3) is 0 Å². The van der Waals surface area contributed by atoms with Crippen LogP contribution in [-0.4, -0.2) is 56.4 Å². The topological polar surface area (TPSA) is 85.2 Å². The third-order valence-electron chi connectivity index (χ3n) is 6.04. The van der Waals surface area contributed by atoms with Gasteiger partial charge in [0.2, 0.25) is 10.0 Å². The molecule has 1 aromatic carbocycles. The minimum atomic E-state index is -3.18. The van der Waals surface area contributed by atoms with Crippen molar-refractivity contribution in [2.45, 2.75) is 30.6 Å². The fourth-order valence-corrected chi connectivity index (χ4v) is 6.00. The highest BCUT2D eigenvalue weighted by Gasteiger charge is 2.38. The highest BCUT2D eigenvalue weighted by molar-refractivity contribution is 7.90. The number of nitrogens with zero attached hydrogens (tertiary/aromatic N) is 3. The number of fused-ring (bicyclic) bond motifs is 1. The van der Waals surface area contributed by atoms with E-state index in [1.807, 2.05) is 28.9 Å². The smallest absolute Gasteiger partial charge is 0.214 e. The van der Waals surface area contributed by atoms with Gasteiger partial charge in [-0.05, 0) is 31.4 Å². The van der Waals surface area contributed by atoms with Crippen molar-refractivity contribution in [3.63, 3.8) is 0 Å². The van der Waals surface area contributed by atoms with Crippen molar-refractivity contribution in [3.05, 3.63) is 41.7 Å². The van der Waals surface area contributed by atoms with Gasteiger partial charge >= 0.3 is 0 Å². The van der Waals surface area contributed by atoms with Crippen LogP contribution in [0.5, 0.6) is 11.5 Å². The predicted molar refractivity (Wildman–Crippen MR) is 124 cm³/mol. The maximum Gasteiger partial charge on any atom is 0.214 e. The number of imidazole rings is 1. The lowest BCUT2D eigenvalue weighted by molar-refractivity contribution is 0.395. The molecule has 0 spiro atoms. The van der Waals surface area contributed by atoms with E-state index in [0.29, 0.717) is 23.1 Å². The lowest BCUT2D eigenvalue weighted by Gasteiger charge is -2.19. The molecule has 1 unspecified atom stereocenters. The fraction of sp³-hybridized carbons (Fsp3) is 0.409. The number of rotatable bonds is 7. The average Bonchev–Trinajstić information content (AvgIpc) is 3.42. The van der Waals surface area contributed by atoms with E-state index in [9.17, 15) is 8.42 Å². The largest absolute Gasteiger partial charge is 0.496 e. The number of ether oxygens (including phenoxy) is 2. The lowest BCUT2D eigenvalue weighted by atomic mass is 10.1. The molecule has 8 nitrogen and oxygen atoms in total. The molecule has 0 amide bonds. The number of halogens is 1. The maximum atomic E-state index is 12.3. The minimum Gasteiger partial charge on any atom is -0.496 e. The van der Waals surface area contributed by atoms with Gasteiger partial charge in [0.05, 0.1) is 30.2 Å². The zero-order chi connectivity index (χ0) is 22.5. The van der Waals surface area contributed by atoms with Crippen LogP contribution in [0, 0.1) is 0 Å². The third kappa shape index (κ3) is 4.00. The van der Waals surface area contributed by atoms with E-state index < -0.39 is 10.0 Å². The van der Waals surface area contributed by atoms with E-state index in [0.717, 1.165) is 48.4 Å². The number of aromatic nitrogens is 2. The van der Waals surface area contributed by atoms with Crippen molar-refractivity contribution in [1.82, 2.24) is 14.1 Å². The molecular formula is C22H25ClN4O4S. The normalized spacial score (nSPS) is 19.0. The summed E-state index contributed by atoms with van der Waals surface area (Å²) in [5.41, 5.74) is 3.32. The zero-order valence-electron chi connectivity index (χ0n) is 17.9. The second kappa shape index (κ2) is 8.13. The van der Waals surface area contributed by atoms with Crippen molar-refractivity contribution in [2.24, 2.45) is 0 Å². The molecule has 1 aliphatic heterocycles. The molecule has 5 rings (SSSR count). The Hall–Kier alpha value is -2.49. The van der Waals surface area contributed by atoms with Gasteiger partial charge in [-0.1, -0.05) is 11.6 Å². The van der Waals surface area contributed by atoms with Crippen molar-refractivity contribution in [2.75, 3.05) is 32.2 Å².